The van der Waals surface area contributed by atoms with Crippen molar-refractivity contribution in [2.45, 2.75) is 39.3 Å². The van der Waals surface area contributed by atoms with Crippen LogP contribution in [0.2, 0.25) is 0 Å². The maximum atomic E-state index is 13.3. The number of hydrogen-bond acceptors (Lipinski definition) is 0. The van der Waals surface area contributed by atoms with Gasteiger partial charge >= 0.3 is 0 Å². The fraction of sp³-hybridized carbons (Fsp3) is 1.00. The third-order valence-electron chi connectivity index (χ3n) is 3.49. The zero-order valence-corrected chi connectivity index (χ0v) is 7.60. The molecule has 11 heavy (non-hydrogen) atoms. The Balaban J connectivity index is 1.96. The molecule has 0 saturated heterocycles. The van der Waals surface area contributed by atoms with Crippen molar-refractivity contribution in [1.82, 2.24) is 0 Å². The van der Waals surface area contributed by atoms with Crippen molar-refractivity contribution in [1.29, 1.82) is 0 Å². The lowest BCUT2D eigenvalue weighted by molar-refractivity contribution is 0.163. The maximum absolute atomic E-state index is 13.3. The van der Waals surface area contributed by atoms with Gasteiger partial charge in [0.25, 0.3) is 0 Å². The SMILES string of the molecule is CC(C)C1C2CC(C)(F)CC21. The van der Waals surface area contributed by atoms with Gasteiger partial charge in [-0.15, -0.1) is 0 Å². The van der Waals surface area contributed by atoms with E-state index in [0.717, 1.165) is 36.5 Å². The molecule has 0 aromatic rings. The van der Waals surface area contributed by atoms with Crippen molar-refractivity contribution in [2.24, 2.45) is 23.7 Å². The molecular weight excluding hydrogens is 139 g/mol. The van der Waals surface area contributed by atoms with Crippen molar-refractivity contribution in [3.8, 4) is 0 Å². The van der Waals surface area contributed by atoms with Gasteiger partial charge in [-0.05, 0) is 43.4 Å². The van der Waals surface area contributed by atoms with Crippen LogP contribution in [0.4, 0.5) is 4.39 Å². The highest BCUT2D eigenvalue weighted by atomic mass is 19.1. The lowest BCUT2D eigenvalue weighted by Gasteiger charge is -2.17. The molecule has 2 fully saturated rings. The van der Waals surface area contributed by atoms with E-state index < -0.39 is 5.67 Å². The third-order valence-corrected chi connectivity index (χ3v) is 3.49. The van der Waals surface area contributed by atoms with Crippen LogP contribution in [-0.4, -0.2) is 5.67 Å². The number of rotatable bonds is 1. The second-order valence-electron chi connectivity index (χ2n) is 4.97. The van der Waals surface area contributed by atoms with Crippen LogP contribution in [0.25, 0.3) is 0 Å². The Labute approximate surface area is 68.2 Å². The molecule has 64 valence electrons. The summed E-state index contributed by atoms with van der Waals surface area (Å²) in [5.41, 5.74) is -0.819. The van der Waals surface area contributed by atoms with Crippen LogP contribution in [0.3, 0.4) is 0 Å². The molecule has 2 rings (SSSR count). The second kappa shape index (κ2) is 1.99. The van der Waals surface area contributed by atoms with Crippen molar-refractivity contribution >= 4 is 0 Å². The summed E-state index contributed by atoms with van der Waals surface area (Å²) in [7, 11) is 0. The number of fused-ring (bicyclic) bond motifs is 1. The molecule has 0 amide bonds. The van der Waals surface area contributed by atoms with E-state index >= 15 is 0 Å². The van der Waals surface area contributed by atoms with Gasteiger partial charge in [0.1, 0.15) is 5.67 Å². The summed E-state index contributed by atoms with van der Waals surface area (Å²) in [6.45, 7) is 6.29. The van der Waals surface area contributed by atoms with E-state index in [-0.39, 0.29) is 0 Å². The average Bonchev–Trinajstić information content (AvgIpc) is 2.31. The number of halogens is 1. The summed E-state index contributed by atoms with van der Waals surface area (Å²) >= 11 is 0. The van der Waals surface area contributed by atoms with Crippen LogP contribution < -0.4 is 0 Å². The van der Waals surface area contributed by atoms with E-state index in [4.69, 9.17) is 0 Å². The molecule has 0 nitrogen and oxygen atoms in total. The van der Waals surface area contributed by atoms with Gasteiger partial charge in [-0.1, -0.05) is 13.8 Å². The maximum Gasteiger partial charge on any atom is 0.108 e. The summed E-state index contributed by atoms with van der Waals surface area (Å²) in [4.78, 5) is 0. The summed E-state index contributed by atoms with van der Waals surface area (Å²) in [5, 5.41) is 0. The Morgan fingerprint density at radius 3 is 2.09 bits per heavy atom. The molecule has 0 N–H and O–H groups in total. The summed E-state index contributed by atoms with van der Waals surface area (Å²) in [6, 6.07) is 0. The highest BCUT2D eigenvalue weighted by Gasteiger charge is 2.60. The van der Waals surface area contributed by atoms with Crippen molar-refractivity contribution < 1.29 is 4.39 Å². The van der Waals surface area contributed by atoms with E-state index in [0.29, 0.717) is 0 Å². The molecule has 0 bridgehead atoms. The van der Waals surface area contributed by atoms with E-state index in [2.05, 4.69) is 13.8 Å². The van der Waals surface area contributed by atoms with Gasteiger partial charge in [-0.3, -0.25) is 0 Å². The van der Waals surface area contributed by atoms with Gasteiger partial charge in [0.15, 0.2) is 0 Å². The Morgan fingerprint density at radius 2 is 1.73 bits per heavy atom. The van der Waals surface area contributed by atoms with Crippen LogP contribution >= 0.6 is 0 Å². The predicted molar refractivity (Wildman–Crippen MR) is 44.1 cm³/mol. The van der Waals surface area contributed by atoms with Gasteiger partial charge in [0.05, 0.1) is 0 Å². The summed E-state index contributed by atoms with van der Waals surface area (Å²) in [5.74, 6) is 3.12. The highest BCUT2D eigenvalue weighted by molar-refractivity contribution is 5.09. The zero-order valence-electron chi connectivity index (χ0n) is 7.60. The smallest absolute Gasteiger partial charge is 0.108 e. The number of hydrogen-bond donors (Lipinski definition) is 0. The second-order valence-corrected chi connectivity index (χ2v) is 4.97. The van der Waals surface area contributed by atoms with Gasteiger partial charge in [-0.2, -0.15) is 0 Å². The molecule has 0 aromatic heterocycles. The third kappa shape index (κ3) is 1.09. The monoisotopic (exact) mass is 156 g/mol. The molecule has 0 aliphatic heterocycles. The Kier molecular flexibility index (Phi) is 1.37. The largest absolute Gasteiger partial charge is 0.244 e. The minimum Gasteiger partial charge on any atom is -0.244 e. The fourth-order valence-corrected chi connectivity index (χ4v) is 3.10. The van der Waals surface area contributed by atoms with Gasteiger partial charge < -0.3 is 0 Å². The summed E-state index contributed by atoms with van der Waals surface area (Å²) < 4.78 is 13.3. The fourth-order valence-electron chi connectivity index (χ4n) is 3.10. The van der Waals surface area contributed by atoms with E-state index in [1.165, 1.54) is 0 Å². The number of alkyl halides is 1. The quantitative estimate of drug-likeness (QED) is 0.547. The molecule has 1 heteroatoms. The topological polar surface area (TPSA) is 0 Å². The van der Waals surface area contributed by atoms with E-state index in [1.54, 1.807) is 6.92 Å². The first-order valence-electron chi connectivity index (χ1n) is 4.70. The Hall–Kier alpha value is -0.0700. The van der Waals surface area contributed by atoms with Crippen LogP contribution in [0.1, 0.15) is 33.6 Å². The van der Waals surface area contributed by atoms with Gasteiger partial charge in [0, 0.05) is 0 Å². The highest BCUT2D eigenvalue weighted by Crippen LogP contribution is 2.64. The lowest BCUT2D eigenvalue weighted by Crippen LogP contribution is -2.17. The van der Waals surface area contributed by atoms with Crippen molar-refractivity contribution in [2.75, 3.05) is 0 Å². The van der Waals surface area contributed by atoms with E-state index in [9.17, 15) is 4.39 Å². The van der Waals surface area contributed by atoms with Crippen molar-refractivity contribution in [3.63, 3.8) is 0 Å². The predicted octanol–water partition coefficient (Wildman–Crippen LogP) is 3.03. The molecule has 2 atom stereocenters. The first-order chi connectivity index (χ1) is 5.01. The van der Waals surface area contributed by atoms with Crippen LogP contribution in [-0.2, 0) is 0 Å². The van der Waals surface area contributed by atoms with Crippen LogP contribution in [0.15, 0.2) is 0 Å². The molecular formula is C10H17F. The molecule has 0 radical (unpaired) electrons. The minimum atomic E-state index is -0.819. The van der Waals surface area contributed by atoms with Gasteiger partial charge in [0.2, 0.25) is 0 Å². The van der Waals surface area contributed by atoms with Gasteiger partial charge in [-0.25, -0.2) is 4.39 Å². The Morgan fingerprint density at radius 1 is 1.27 bits per heavy atom. The molecule has 2 aliphatic carbocycles. The molecule has 2 saturated carbocycles. The zero-order chi connectivity index (χ0) is 8.22. The molecule has 0 spiro atoms. The molecule has 2 unspecified atom stereocenters. The minimum absolute atomic E-state index is 0.741. The van der Waals surface area contributed by atoms with Crippen LogP contribution in [0.5, 0.6) is 0 Å². The lowest BCUT2D eigenvalue weighted by atomic mass is 9.94. The molecule has 0 heterocycles. The first-order valence-corrected chi connectivity index (χ1v) is 4.70. The average molecular weight is 156 g/mol. The molecule has 0 aromatic carbocycles. The first kappa shape index (κ1) is 7.57. The molecule has 2 aliphatic rings. The van der Waals surface area contributed by atoms with E-state index in [1.807, 2.05) is 0 Å². The Bertz CT molecular complexity index is 158. The summed E-state index contributed by atoms with van der Waals surface area (Å²) in [6.07, 6.45) is 1.67. The standard InChI is InChI=1S/C10H17F/c1-6(2)9-7-4-10(3,11)5-8(7)9/h6-9H,4-5H2,1-3H3. The van der Waals surface area contributed by atoms with Crippen molar-refractivity contribution in [3.05, 3.63) is 0 Å². The van der Waals surface area contributed by atoms with Crippen LogP contribution in [0, 0.1) is 23.7 Å². The normalized spacial score (nSPS) is 54.8.